The highest BCUT2D eigenvalue weighted by molar-refractivity contribution is 6.02. The zero-order chi connectivity index (χ0) is 27.4. The van der Waals surface area contributed by atoms with Crippen LogP contribution in [0.5, 0.6) is 5.75 Å². The third-order valence-electron chi connectivity index (χ3n) is 7.04. The zero-order valence-corrected chi connectivity index (χ0v) is 21.6. The Balaban J connectivity index is 1.65. The van der Waals surface area contributed by atoms with Gasteiger partial charge in [-0.1, -0.05) is 23.4 Å². The van der Waals surface area contributed by atoms with Crippen LogP contribution in [0.25, 0.3) is 33.2 Å². The molecular weight excluding hydrogens is 502 g/mol. The molecule has 1 aliphatic rings. The molecule has 1 aromatic heterocycles. The lowest BCUT2D eigenvalue weighted by Gasteiger charge is -2.36. The van der Waals surface area contributed by atoms with E-state index in [1.54, 1.807) is 12.3 Å². The second-order valence-corrected chi connectivity index (χ2v) is 9.51. The number of anilines is 1. The van der Waals surface area contributed by atoms with Gasteiger partial charge in [0.2, 0.25) is 0 Å². The number of piperidine rings is 1. The molecular formula is C30H30F2N4O3. The van der Waals surface area contributed by atoms with Crippen molar-refractivity contribution in [1.29, 1.82) is 0 Å². The number of oxime groups is 1. The Bertz CT molecular complexity index is 1480. The number of fused-ring (bicyclic) bond motifs is 1. The molecule has 0 radical (unpaired) electrons. The number of para-hydroxylation sites is 1. The maximum Gasteiger partial charge on any atom is 0.132 e. The molecule has 39 heavy (non-hydrogen) atoms. The number of aromatic nitrogens is 1. The summed E-state index contributed by atoms with van der Waals surface area (Å²) in [5.74, 6) is -1.25. The van der Waals surface area contributed by atoms with Crippen molar-refractivity contribution in [3.8, 4) is 28.0 Å². The van der Waals surface area contributed by atoms with E-state index in [4.69, 9.17) is 4.84 Å². The molecule has 3 aromatic carbocycles. The number of pyridine rings is 1. The van der Waals surface area contributed by atoms with Crippen molar-refractivity contribution in [3.63, 3.8) is 0 Å². The van der Waals surface area contributed by atoms with E-state index in [0.29, 0.717) is 41.9 Å². The summed E-state index contributed by atoms with van der Waals surface area (Å²) < 4.78 is 28.6. The number of nitrogens with zero attached hydrogens (tertiary/aromatic N) is 3. The zero-order valence-electron chi connectivity index (χ0n) is 21.6. The number of aliphatic hydroxyl groups is 1. The molecule has 1 fully saturated rings. The molecule has 2 heterocycles. The number of rotatable bonds is 8. The smallest absolute Gasteiger partial charge is 0.132 e. The molecule has 4 aromatic rings. The summed E-state index contributed by atoms with van der Waals surface area (Å²) in [6.07, 6.45) is 4.81. The van der Waals surface area contributed by atoms with Crippen LogP contribution in [-0.2, 0) is 4.84 Å². The summed E-state index contributed by atoms with van der Waals surface area (Å²) >= 11 is 0. The van der Waals surface area contributed by atoms with Gasteiger partial charge < -0.3 is 25.3 Å². The number of phenolic OH excluding ortho intramolecular Hbond substituents is 1. The first-order valence-electron chi connectivity index (χ1n) is 12.9. The van der Waals surface area contributed by atoms with E-state index in [9.17, 15) is 19.0 Å². The van der Waals surface area contributed by atoms with Gasteiger partial charge in [-0.3, -0.25) is 4.98 Å². The van der Waals surface area contributed by atoms with Crippen LogP contribution in [0.1, 0.15) is 18.4 Å². The van der Waals surface area contributed by atoms with Crippen LogP contribution in [0.4, 0.5) is 14.5 Å². The highest BCUT2D eigenvalue weighted by atomic mass is 19.1. The van der Waals surface area contributed by atoms with E-state index in [1.165, 1.54) is 25.5 Å². The van der Waals surface area contributed by atoms with Gasteiger partial charge in [0.05, 0.1) is 24.0 Å². The number of hydrogen-bond acceptors (Lipinski definition) is 7. The molecule has 1 aliphatic heterocycles. The van der Waals surface area contributed by atoms with Crippen LogP contribution in [0.15, 0.2) is 65.9 Å². The molecule has 9 heteroatoms. The van der Waals surface area contributed by atoms with Crippen LogP contribution in [-0.4, -0.2) is 60.8 Å². The van der Waals surface area contributed by atoms with Crippen molar-refractivity contribution < 1.29 is 23.8 Å². The number of phenols is 1. The Kier molecular flexibility index (Phi) is 7.99. The van der Waals surface area contributed by atoms with E-state index in [0.717, 1.165) is 41.1 Å². The summed E-state index contributed by atoms with van der Waals surface area (Å²) in [6, 6.07) is 14.9. The quantitative estimate of drug-likeness (QED) is 0.217. The molecule has 0 atom stereocenters. The molecule has 0 amide bonds. The van der Waals surface area contributed by atoms with Crippen molar-refractivity contribution in [2.75, 3.05) is 38.3 Å². The summed E-state index contributed by atoms with van der Waals surface area (Å²) in [7, 11) is 1.43. The second kappa shape index (κ2) is 11.8. The Labute approximate surface area is 225 Å². The fourth-order valence-electron chi connectivity index (χ4n) is 5.19. The molecule has 0 unspecified atom stereocenters. The molecule has 5 rings (SSSR count). The van der Waals surface area contributed by atoms with Crippen LogP contribution < -0.4 is 10.2 Å². The number of nitrogens with one attached hydrogen (secondary N) is 1. The molecule has 3 N–H and O–H groups in total. The predicted octanol–water partition coefficient (Wildman–Crippen LogP) is 5.08. The number of benzene rings is 3. The molecule has 7 nitrogen and oxygen atoms in total. The van der Waals surface area contributed by atoms with Gasteiger partial charge in [0.15, 0.2) is 0 Å². The van der Waals surface area contributed by atoms with Crippen molar-refractivity contribution in [2.24, 2.45) is 5.16 Å². The highest BCUT2D eigenvalue weighted by Gasteiger charge is 2.24. The standard InChI is InChI=1S/C30H30F2N4O3/c1-39-35-17-20-3-2-4-25(30(20)38)19-5-6-28-26(15-19)29(36-10-7-24(8-11-36)33-9-12-37)27(18-34-28)21-13-22(31)16-23(32)14-21/h2-6,13-18,24,33,37-38H,7-12H2,1H3/b35-17+. The molecule has 0 aliphatic carbocycles. The predicted molar refractivity (Wildman–Crippen MR) is 149 cm³/mol. The molecule has 0 saturated carbocycles. The van der Waals surface area contributed by atoms with Gasteiger partial charge in [0.1, 0.15) is 24.5 Å². The minimum atomic E-state index is -0.656. The monoisotopic (exact) mass is 532 g/mol. The van der Waals surface area contributed by atoms with Crippen molar-refractivity contribution in [2.45, 2.75) is 18.9 Å². The topological polar surface area (TPSA) is 90.2 Å². The summed E-state index contributed by atoms with van der Waals surface area (Å²) in [5.41, 5.74) is 4.48. The van der Waals surface area contributed by atoms with Crippen LogP contribution >= 0.6 is 0 Å². The Hall–Kier alpha value is -4.08. The lowest BCUT2D eigenvalue weighted by Crippen LogP contribution is -2.43. The summed E-state index contributed by atoms with van der Waals surface area (Å²) in [4.78, 5) is 11.6. The van der Waals surface area contributed by atoms with Gasteiger partial charge in [-0.25, -0.2) is 8.78 Å². The first kappa shape index (κ1) is 26.5. The normalized spacial score (nSPS) is 14.4. The maximum absolute atomic E-state index is 14.3. The maximum atomic E-state index is 14.3. The molecule has 202 valence electrons. The first-order valence-corrected chi connectivity index (χ1v) is 12.9. The van der Waals surface area contributed by atoms with E-state index in [2.05, 4.69) is 20.4 Å². The van der Waals surface area contributed by atoms with E-state index >= 15 is 0 Å². The first-order chi connectivity index (χ1) is 19.0. The second-order valence-electron chi connectivity index (χ2n) is 9.51. The Morgan fingerprint density at radius 3 is 2.54 bits per heavy atom. The van der Waals surface area contributed by atoms with Gasteiger partial charge in [-0.2, -0.15) is 0 Å². The fourth-order valence-corrected chi connectivity index (χ4v) is 5.19. The van der Waals surface area contributed by atoms with Gasteiger partial charge in [-0.15, -0.1) is 0 Å². The van der Waals surface area contributed by atoms with Crippen molar-refractivity contribution in [3.05, 3.63) is 78.0 Å². The lowest BCUT2D eigenvalue weighted by atomic mass is 9.95. The van der Waals surface area contributed by atoms with Crippen LogP contribution in [0, 0.1) is 11.6 Å². The van der Waals surface area contributed by atoms with E-state index < -0.39 is 11.6 Å². The molecule has 0 bridgehead atoms. The van der Waals surface area contributed by atoms with Gasteiger partial charge in [0.25, 0.3) is 0 Å². The average Bonchev–Trinajstić information content (AvgIpc) is 2.94. The SMILES string of the molecule is CO/N=C/c1cccc(-c2ccc3ncc(-c4cc(F)cc(F)c4)c(N4CCC(NCCO)CC4)c3c2)c1O. The largest absolute Gasteiger partial charge is 0.507 e. The highest BCUT2D eigenvalue weighted by Crippen LogP contribution is 2.41. The summed E-state index contributed by atoms with van der Waals surface area (Å²) in [5, 5.41) is 28.1. The van der Waals surface area contributed by atoms with Gasteiger partial charge in [0, 0.05) is 60.0 Å². The van der Waals surface area contributed by atoms with Crippen LogP contribution in [0.2, 0.25) is 0 Å². The van der Waals surface area contributed by atoms with Crippen LogP contribution in [0.3, 0.4) is 0 Å². The minimum Gasteiger partial charge on any atom is -0.507 e. The number of aromatic hydroxyl groups is 1. The minimum absolute atomic E-state index is 0.0614. The third-order valence-corrected chi connectivity index (χ3v) is 7.04. The Morgan fingerprint density at radius 1 is 1.05 bits per heavy atom. The third kappa shape index (κ3) is 5.69. The number of halogens is 2. The van der Waals surface area contributed by atoms with E-state index in [-0.39, 0.29) is 18.4 Å². The molecule has 1 saturated heterocycles. The van der Waals surface area contributed by atoms with Gasteiger partial charge in [-0.05, 0) is 54.3 Å². The fraction of sp³-hybridized carbons (Fsp3) is 0.267. The van der Waals surface area contributed by atoms with E-state index in [1.807, 2.05) is 30.3 Å². The Morgan fingerprint density at radius 2 is 1.82 bits per heavy atom. The van der Waals surface area contributed by atoms with Gasteiger partial charge >= 0.3 is 0 Å². The number of hydrogen-bond donors (Lipinski definition) is 3. The number of aliphatic hydroxyl groups excluding tert-OH is 1. The van der Waals surface area contributed by atoms with Crippen molar-refractivity contribution in [1.82, 2.24) is 10.3 Å². The summed E-state index contributed by atoms with van der Waals surface area (Å²) in [6.45, 7) is 2.05. The lowest BCUT2D eigenvalue weighted by molar-refractivity contribution is 0.215. The average molecular weight is 533 g/mol. The molecule has 0 spiro atoms. The van der Waals surface area contributed by atoms with Crippen molar-refractivity contribution >= 4 is 22.8 Å².